The molecule has 3 heteroatoms. The van der Waals surface area contributed by atoms with Crippen LogP contribution < -0.4 is 4.74 Å². The van der Waals surface area contributed by atoms with Crippen molar-refractivity contribution in [2.45, 2.75) is 13.8 Å². The van der Waals surface area contributed by atoms with Crippen molar-refractivity contribution in [2.75, 3.05) is 6.61 Å². The molecule has 1 aromatic rings. The zero-order valence-electron chi connectivity index (χ0n) is 8.36. The van der Waals surface area contributed by atoms with E-state index >= 15 is 0 Å². The highest BCUT2D eigenvalue weighted by Crippen LogP contribution is 2.22. The standard InChI is InChI=1S/C11H14O3/c1-8(2)7-14-11-4-3-10(13)5-9(11)6-12/h3-6,8,13H,7H2,1-2H3. The summed E-state index contributed by atoms with van der Waals surface area (Å²) in [5, 5.41) is 9.13. The van der Waals surface area contributed by atoms with Crippen LogP contribution in [0.3, 0.4) is 0 Å². The van der Waals surface area contributed by atoms with E-state index in [0.29, 0.717) is 30.1 Å². The number of phenols is 1. The molecule has 0 saturated carbocycles. The second-order valence-corrected chi connectivity index (χ2v) is 3.54. The molecule has 76 valence electrons. The first-order valence-corrected chi connectivity index (χ1v) is 4.54. The van der Waals surface area contributed by atoms with Gasteiger partial charge in [0.15, 0.2) is 6.29 Å². The monoisotopic (exact) mass is 194 g/mol. The van der Waals surface area contributed by atoms with Gasteiger partial charge >= 0.3 is 0 Å². The van der Waals surface area contributed by atoms with Crippen molar-refractivity contribution < 1.29 is 14.6 Å². The predicted octanol–water partition coefficient (Wildman–Crippen LogP) is 2.24. The minimum absolute atomic E-state index is 0.0731. The van der Waals surface area contributed by atoms with Crippen LogP contribution in [0.25, 0.3) is 0 Å². The molecule has 3 nitrogen and oxygen atoms in total. The van der Waals surface area contributed by atoms with E-state index in [1.807, 2.05) is 13.8 Å². The van der Waals surface area contributed by atoms with Crippen molar-refractivity contribution in [3.8, 4) is 11.5 Å². The van der Waals surface area contributed by atoms with Gasteiger partial charge in [-0.05, 0) is 24.1 Å². The van der Waals surface area contributed by atoms with E-state index in [4.69, 9.17) is 9.84 Å². The Hall–Kier alpha value is -1.51. The SMILES string of the molecule is CC(C)COc1ccc(O)cc1C=O. The Labute approximate surface area is 83.3 Å². The molecule has 14 heavy (non-hydrogen) atoms. The summed E-state index contributed by atoms with van der Waals surface area (Å²) in [6.45, 7) is 4.62. The van der Waals surface area contributed by atoms with E-state index in [1.165, 1.54) is 12.1 Å². The van der Waals surface area contributed by atoms with E-state index in [1.54, 1.807) is 6.07 Å². The molecule has 0 aliphatic heterocycles. The average Bonchev–Trinajstić information content (AvgIpc) is 2.15. The number of hydrogen-bond donors (Lipinski definition) is 1. The van der Waals surface area contributed by atoms with Gasteiger partial charge in [-0.2, -0.15) is 0 Å². The molecule has 0 amide bonds. The van der Waals surface area contributed by atoms with Crippen molar-refractivity contribution in [2.24, 2.45) is 5.92 Å². The number of ether oxygens (including phenoxy) is 1. The summed E-state index contributed by atoms with van der Waals surface area (Å²) in [7, 11) is 0. The first-order valence-electron chi connectivity index (χ1n) is 4.54. The molecule has 0 aromatic heterocycles. The van der Waals surface area contributed by atoms with Gasteiger partial charge < -0.3 is 9.84 Å². The number of benzene rings is 1. The van der Waals surface area contributed by atoms with Gasteiger partial charge in [0.2, 0.25) is 0 Å². The number of hydrogen-bond acceptors (Lipinski definition) is 3. The van der Waals surface area contributed by atoms with Gasteiger partial charge in [-0.3, -0.25) is 4.79 Å². The molecule has 1 N–H and O–H groups in total. The molecule has 0 fully saturated rings. The lowest BCUT2D eigenvalue weighted by atomic mass is 10.2. The Bertz CT molecular complexity index is 318. The number of carbonyl (C=O) groups is 1. The smallest absolute Gasteiger partial charge is 0.153 e. The normalized spacial score (nSPS) is 10.2. The first kappa shape index (κ1) is 10.6. The first-order chi connectivity index (χ1) is 6.63. The molecule has 0 bridgehead atoms. The van der Waals surface area contributed by atoms with E-state index in [-0.39, 0.29) is 5.75 Å². The lowest BCUT2D eigenvalue weighted by Gasteiger charge is -2.10. The highest BCUT2D eigenvalue weighted by Gasteiger charge is 2.04. The Morgan fingerprint density at radius 2 is 2.21 bits per heavy atom. The quantitative estimate of drug-likeness (QED) is 0.748. The van der Waals surface area contributed by atoms with Gasteiger partial charge in [-0.25, -0.2) is 0 Å². The molecule has 0 spiro atoms. The third kappa shape index (κ3) is 2.76. The van der Waals surface area contributed by atoms with Crippen LogP contribution in [0.15, 0.2) is 18.2 Å². The van der Waals surface area contributed by atoms with Gasteiger partial charge in [0, 0.05) is 0 Å². The van der Waals surface area contributed by atoms with Crippen LogP contribution in [0.1, 0.15) is 24.2 Å². The molecule has 0 aliphatic carbocycles. The van der Waals surface area contributed by atoms with Crippen molar-refractivity contribution in [3.63, 3.8) is 0 Å². The predicted molar refractivity (Wildman–Crippen MR) is 53.8 cm³/mol. The highest BCUT2D eigenvalue weighted by atomic mass is 16.5. The van der Waals surface area contributed by atoms with Crippen LogP contribution in [-0.2, 0) is 0 Å². The Kier molecular flexibility index (Phi) is 3.51. The van der Waals surface area contributed by atoms with Crippen molar-refractivity contribution in [1.29, 1.82) is 0 Å². The summed E-state index contributed by atoms with van der Waals surface area (Å²) in [5.41, 5.74) is 0.380. The van der Waals surface area contributed by atoms with Gasteiger partial charge in [-0.15, -0.1) is 0 Å². The van der Waals surface area contributed by atoms with Gasteiger partial charge in [0.1, 0.15) is 11.5 Å². The van der Waals surface area contributed by atoms with Crippen molar-refractivity contribution in [3.05, 3.63) is 23.8 Å². The maximum Gasteiger partial charge on any atom is 0.153 e. The molecule has 0 atom stereocenters. The molecule has 0 aliphatic rings. The van der Waals surface area contributed by atoms with Crippen LogP contribution in [0.2, 0.25) is 0 Å². The third-order valence-corrected chi connectivity index (χ3v) is 1.69. The number of rotatable bonds is 4. The summed E-state index contributed by atoms with van der Waals surface area (Å²) in [5.74, 6) is 0.999. The van der Waals surface area contributed by atoms with E-state index in [2.05, 4.69) is 0 Å². The summed E-state index contributed by atoms with van der Waals surface area (Å²) in [6.07, 6.45) is 0.676. The topological polar surface area (TPSA) is 46.5 Å². The van der Waals surface area contributed by atoms with Crippen LogP contribution >= 0.6 is 0 Å². The van der Waals surface area contributed by atoms with E-state index in [0.717, 1.165) is 0 Å². The fourth-order valence-electron chi connectivity index (χ4n) is 1.02. The fourth-order valence-corrected chi connectivity index (χ4v) is 1.02. The number of phenolic OH excluding ortho intramolecular Hbond substituents is 1. The Balaban J connectivity index is 2.80. The minimum atomic E-state index is 0.0731. The zero-order chi connectivity index (χ0) is 10.6. The van der Waals surface area contributed by atoms with Crippen molar-refractivity contribution in [1.82, 2.24) is 0 Å². The molecular weight excluding hydrogens is 180 g/mol. The van der Waals surface area contributed by atoms with Crippen LogP contribution in [0.5, 0.6) is 11.5 Å². The Morgan fingerprint density at radius 3 is 2.79 bits per heavy atom. The lowest BCUT2D eigenvalue weighted by molar-refractivity contribution is 0.111. The van der Waals surface area contributed by atoms with E-state index in [9.17, 15) is 4.79 Å². The summed E-state index contributed by atoms with van der Waals surface area (Å²) in [6, 6.07) is 4.49. The molecule has 1 aromatic carbocycles. The average molecular weight is 194 g/mol. The van der Waals surface area contributed by atoms with Crippen LogP contribution in [0, 0.1) is 5.92 Å². The minimum Gasteiger partial charge on any atom is -0.508 e. The van der Waals surface area contributed by atoms with Crippen LogP contribution in [0.4, 0.5) is 0 Å². The fraction of sp³-hybridized carbons (Fsp3) is 0.364. The summed E-state index contributed by atoms with van der Waals surface area (Å²) >= 11 is 0. The Morgan fingerprint density at radius 1 is 1.50 bits per heavy atom. The number of carbonyl (C=O) groups excluding carboxylic acids is 1. The number of aldehydes is 1. The maximum absolute atomic E-state index is 10.6. The molecule has 1 rings (SSSR count). The zero-order valence-corrected chi connectivity index (χ0v) is 8.36. The molecule has 0 radical (unpaired) electrons. The second kappa shape index (κ2) is 4.65. The van der Waals surface area contributed by atoms with Gasteiger partial charge in [-0.1, -0.05) is 13.8 Å². The van der Waals surface area contributed by atoms with Gasteiger partial charge in [0.25, 0.3) is 0 Å². The molecular formula is C11H14O3. The third-order valence-electron chi connectivity index (χ3n) is 1.69. The molecule has 0 saturated heterocycles. The largest absolute Gasteiger partial charge is 0.508 e. The number of aromatic hydroxyl groups is 1. The second-order valence-electron chi connectivity index (χ2n) is 3.54. The van der Waals surface area contributed by atoms with Crippen molar-refractivity contribution >= 4 is 6.29 Å². The lowest BCUT2D eigenvalue weighted by Crippen LogP contribution is -2.05. The summed E-state index contributed by atoms with van der Waals surface area (Å²) in [4.78, 5) is 10.6. The van der Waals surface area contributed by atoms with Gasteiger partial charge in [0.05, 0.1) is 12.2 Å². The molecule has 0 unspecified atom stereocenters. The molecule has 0 heterocycles. The highest BCUT2D eigenvalue weighted by molar-refractivity contribution is 5.80. The van der Waals surface area contributed by atoms with Crippen LogP contribution in [-0.4, -0.2) is 18.0 Å². The summed E-state index contributed by atoms with van der Waals surface area (Å²) < 4.78 is 5.40. The maximum atomic E-state index is 10.6. The van der Waals surface area contributed by atoms with E-state index < -0.39 is 0 Å².